The molecule has 1 fully saturated rings. The van der Waals surface area contributed by atoms with Crippen LogP contribution in [0.5, 0.6) is 5.75 Å². The number of nitrogens with one attached hydrogen (secondary N) is 1. The fraction of sp³-hybridized carbons (Fsp3) is 0.414. The van der Waals surface area contributed by atoms with Gasteiger partial charge in [-0.3, -0.25) is 24.0 Å². The van der Waals surface area contributed by atoms with Crippen LogP contribution in [0, 0.1) is 18.7 Å². The normalized spacial score (nSPS) is 19.8. The van der Waals surface area contributed by atoms with Crippen molar-refractivity contribution in [3.63, 3.8) is 0 Å². The third-order valence-corrected chi connectivity index (χ3v) is 7.53. The van der Waals surface area contributed by atoms with Crippen LogP contribution in [0.1, 0.15) is 39.5 Å². The lowest BCUT2D eigenvalue weighted by molar-refractivity contribution is -0.130. The molecule has 11 heteroatoms. The van der Waals surface area contributed by atoms with E-state index < -0.39 is 11.7 Å². The van der Waals surface area contributed by atoms with E-state index in [0.717, 1.165) is 29.1 Å². The SMILES string of the molecule is Cc1nn(C)cc1CC(=O)N1CCCNC(=O)[C@H]2CN(C(=O)c3cncc(F)c3)C[C@@H]2c2cccc(c2)OCC1. The van der Waals surface area contributed by atoms with Crippen LogP contribution in [0.2, 0.25) is 0 Å². The molecule has 210 valence electrons. The number of halogens is 1. The highest BCUT2D eigenvalue weighted by Gasteiger charge is 2.40. The zero-order valence-corrected chi connectivity index (χ0v) is 22.7. The van der Waals surface area contributed by atoms with E-state index in [2.05, 4.69) is 15.4 Å². The Kier molecular flexibility index (Phi) is 8.09. The lowest BCUT2D eigenvalue weighted by Crippen LogP contribution is -2.40. The molecule has 0 saturated carbocycles. The van der Waals surface area contributed by atoms with Crippen LogP contribution in [0.3, 0.4) is 0 Å². The molecule has 2 aromatic heterocycles. The Morgan fingerprint density at radius 1 is 1.12 bits per heavy atom. The third-order valence-electron chi connectivity index (χ3n) is 7.53. The average molecular weight is 549 g/mol. The Bertz CT molecular complexity index is 1410. The van der Waals surface area contributed by atoms with E-state index in [-0.39, 0.29) is 42.2 Å². The summed E-state index contributed by atoms with van der Waals surface area (Å²) in [4.78, 5) is 46.8. The molecule has 0 unspecified atom stereocenters. The molecule has 5 rings (SSSR count). The van der Waals surface area contributed by atoms with E-state index in [4.69, 9.17) is 4.74 Å². The molecule has 0 aliphatic carbocycles. The summed E-state index contributed by atoms with van der Waals surface area (Å²) in [6.45, 7) is 3.98. The first-order valence-corrected chi connectivity index (χ1v) is 13.5. The lowest BCUT2D eigenvalue weighted by Gasteiger charge is -2.24. The summed E-state index contributed by atoms with van der Waals surface area (Å²) in [5.74, 6) is -1.25. The van der Waals surface area contributed by atoms with Crippen molar-refractivity contribution in [1.29, 1.82) is 0 Å². The predicted molar refractivity (Wildman–Crippen MR) is 144 cm³/mol. The molecular formula is C29H33FN6O4. The summed E-state index contributed by atoms with van der Waals surface area (Å²) in [6, 6.07) is 8.67. The number of rotatable bonds is 3. The molecule has 1 aromatic carbocycles. The van der Waals surface area contributed by atoms with Gasteiger partial charge in [0.2, 0.25) is 11.8 Å². The number of carbonyl (C=O) groups excluding carboxylic acids is 3. The number of carbonyl (C=O) groups is 3. The van der Waals surface area contributed by atoms with Gasteiger partial charge in [-0.05, 0) is 37.1 Å². The Labute approximate surface area is 232 Å². The number of ether oxygens (including phenoxy) is 1. The molecule has 1 N–H and O–H groups in total. The molecule has 1 saturated heterocycles. The largest absolute Gasteiger partial charge is 0.492 e. The van der Waals surface area contributed by atoms with Gasteiger partial charge in [0.1, 0.15) is 18.2 Å². The van der Waals surface area contributed by atoms with E-state index in [1.54, 1.807) is 14.5 Å². The van der Waals surface area contributed by atoms with Gasteiger partial charge < -0.3 is 19.9 Å². The number of pyridine rings is 1. The number of fused-ring (bicyclic) bond motifs is 4. The summed E-state index contributed by atoms with van der Waals surface area (Å²) in [5.41, 5.74) is 2.73. The van der Waals surface area contributed by atoms with Crippen LogP contribution in [0.4, 0.5) is 4.39 Å². The average Bonchev–Trinajstić information content (AvgIpc) is 3.52. The highest BCUT2D eigenvalue weighted by Crippen LogP contribution is 2.35. The maximum Gasteiger partial charge on any atom is 0.255 e. The van der Waals surface area contributed by atoms with Crippen molar-refractivity contribution < 1.29 is 23.5 Å². The number of aryl methyl sites for hydroxylation is 2. The van der Waals surface area contributed by atoms with E-state index in [0.29, 0.717) is 45.0 Å². The van der Waals surface area contributed by atoms with Gasteiger partial charge in [-0.2, -0.15) is 5.10 Å². The molecule has 2 aliphatic heterocycles. The van der Waals surface area contributed by atoms with Crippen molar-refractivity contribution in [1.82, 2.24) is 29.9 Å². The van der Waals surface area contributed by atoms with Crippen molar-refractivity contribution in [3.8, 4) is 5.75 Å². The quantitative estimate of drug-likeness (QED) is 0.537. The third kappa shape index (κ3) is 6.13. The van der Waals surface area contributed by atoms with E-state index in [1.807, 2.05) is 44.4 Å². The number of amides is 3. The van der Waals surface area contributed by atoms with Crippen LogP contribution >= 0.6 is 0 Å². The minimum absolute atomic E-state index is 0.0243. The second kappa shape index (κ2) is 11.8. The van der Waals surface area contributed by atoms with E-state index >= 15 is 0 Å². The van der Waals surface area contributed by atoms with Crippen molar-refractivity contribution in [2.24, 2.45) is 13.0 Å². The molecule has 0 radical (unpaired) electrons. The first-order chi connectivity index (χ1) is 19.3. The highest BCUT2D eigenvalue weighted by molar-refractivity contribution is 5.95. The van der Waals surface area contributed by atoms with Crippen LogP contribution in [0.15, 0.2) is 48.9 Å². The van der Waals surface area contributed by atoms with E-state index in [9.17, 15) is 18.8 Å². The topological polar surface area (TPSA) is 110 Å². The summed E-state index contributed by atoms with van der Waals surface area (Å²) in [5, 5.41) is 7.34. The fourth-order valence-electron chi connectivity index (χ4n) is 5.46. The summed E-state index contributed by atoms with van der Waals surface area (Å²) in [6.07, 6.45) is 5.06. The zero-order valence-electron chi connectivity index (χ0n) is 22.7. The van der Waals surface area contributed by atoms with Crippen LogP contribution < -0.4 is 10.1 Å². The molecule has 3 amide bonds. The Balaban J connectivity index is 1.33. The maximum atomic E-state index is 13.7. The number of hydrogen-bond acceptors (Lipinski definition) is 6. The second-order valence-corrected chi connectivity index (χ2v) is 10.4. The lowest BCUT2D eigenvalue weighted by atomic mass is 9.88. The zero-order chi connectivity index (χ0) is 28.2. The fourth-order valence-corrected chi connectivity index (χ4v) is 5.46. The summed E-state index contributed by atoms with van der Waals surface area (Å²) < 4.78 is 21.5. The van der Waals surface area contributed by atoms with Crippen molar-refractivity contribution >= 4 is 17.7 Å². The summed E-state index contributed by atoms with van der Waals surface area (Å²) >= 11 is 0. The first kappa shape index (κ1) is 27.3. The number of benzene rings is 1. The van der Waals surface area contributed by atoms with Gasteiger partial charge >= 0.3 is 0 Å². The molecule has 2 bridgehead atoms. The van der Waals surface area contributed by atoms with Gasteiger partial charge in [-0.15, -0.1) is 0 Å². The van der Waals surface area contributed by atoms with Crippen LogP contribution in [0.25, 0.3) is 0 Å². The molecule has 40 heavy (non-hydrogen) atoms. The maximum absolute atomic E-state index is 13.7. The molecule has 2 aliphatic rings. The summed E-state index contributed by atoms with van der Waals surface area (Å²) in [7, 11) is 1.83. The van der Waals surface area contributed by atoms with Crippen molar-refractivity contribution in [3.05, 3.63) is 77.1 Å². The Morgan fingerprint density at radius 2 is 1.95 bits per heavy atom. The smallest absolute Gasteiger partial charge is 0.255 e. The predicted octanol–water partition coefficient (Wildman–Crippen LogP) is 2.09. The van der Waals surface area contributed by atoms with Crippen molar-refractivity contribution in [2.75, 3.05) is 39.3 Å². The molecular weight excluding hydrogens is 515 g/mol. The highest BCUT2D eigenvalue weighted by atomic mass is 19.1. The molecule has 2 atom stereocenters. The van der Waals surface area contributed by atoms with Gasteiger partial charge in [-0.25, -0.2) is 4.39 Å². The first-order valence-electron chi connectivity index (χ1n) is 13.5. The van der Waals surface area contributed by atoms with Crippen LogP contribution in [-0.4, -0.2) is 81.6 Å². The van der Waals surface area contributed by atoms with Gasteiger partial charge in [-0.1, -0.05) is 12.1 Å². The second-order valence-electron chi connectivity index (χ2n) is 10.4. The van der Waals surface area contributed by atoms with Crippen LogP contribution in [-0.2, 0) is 23.1 Å². The molecule has 10 nitrogen and oxygen atoms in total. The van der Waals surface area contributed by atoms with Gasteiger partial charge in [0, 0.05) is 57.1 Å². The minimum atomic E-state index is -0.589. The number of likely N-dealkylation sites (tertiary alicyclic amines) is 1. The number of nitrogens with zero attached hydrogens (tertiary/aromatic N) is 5. The Morgan fingerprint density at radius 3 is 2.73 bits per heavy atom. The molecule has 4 heterocycles. The molecule has 3 aromatic rings. The van der Waals surface area contributed by atoms with Crippen molar-refractivity contribution in [2.45, 2.75) is 25.7 Å². The minimum Gasteiger partial charge on any atom is -0.492 e. The van der Waals surface area contributed by atoms with Gasteiger partial charge in [0.05, 0.1) is 36.3 Å². The van der Waals surface area contributed by atoms with Gasteiger partial charge in [0.25, 0.3) is 5.91 Å². The molecule has 0 spiro atoms. The number of hydrogen-bond donors (Lipinski definition) is 1. The van der Waals surface area contributed by atoms with Gasteiger partial charge in [0.15, 0.2) is 0 Å². The van der Waals surface area contributed by atoms with E-state index in [1.165, 1.54) is 6.20 Å². The Hall–Kier alpha value is -4.28. The number of aromatic nitrogens is 3. The standard InChI is InChI=1S/C29H33FN6O4/c1-19-22(16-34(2)33-19)13-27(37)35-8-4-7-32-28(38)26-18-36(29(39)21-11-23(30)15-31-14-21)17-25(26)20-5-3-6-24(12-20)40-10-9-35/h3,5-6,11-12,14-16,25-26H,4,7-10,13,17-18H2,1-2H3,(H,32,38)/t25-,26+/m1/s1. The monoisotopic (exact) mass is 548 g/mol.